The van der Waals surface area contributed by atoms with E-state index in [1.807, 2.05) is 11.8 Å². The Kier molecular flexibility index (Phi) is 4.23. The molecule has 100 valence electrons. The second-order valence-corrected chi connectivity index (χ2v) is 6.76. The molecule has 1 aromatic carbocycles. The summed E-state index contributed by atoms with van der Waals surface area (Å²) in [5.41, 5.74) is 8.89. The zero-order valence-corrected chi connectivity index (χ0v) is 12.5. The summed E-state index contributed by atoms with van der Waals surface area (Å²) in [6, 6.07) is 8.83. The Labute approximate surface area is 115 Å². The molecule has 0 aliphatic carbocycles. The summed E-state index contributed by atoms with van der Waals surface area (Å²) in [7, 11) is 0. The number of aryl methyl sites for hydroxylation is 1. The lowest BCUT2D eigenvalue weighted by Crippen LogP contribution is -2.54. The minimum atomic E-state index is 0.147. The highest BCUT2D eigenvalue weighted by Gasteiger charge is 2.41. The molecule has 1 aliphatic rings. The van der Waals surface area contributed by atoms with Gasteiger partial charge in [-0.2, -0.15) is 11.8 Å². The summed E-state index contributed by atoms with van der Waals surface area (Å²) in [5.74, 6) is 1.15. The molecule has 0 amide bonds. The van der Waals surface area contributed by atoms with Crippen LogP contribution in [-0.4, -0.2) is 29.6 Å². The molecule has 0 spiro atoms. The van der Waals surface area contributed by atoms with Crippen LogP contribution in [0.25, 0.3) is 0 Å². The van der Waals surface area contributed by atoms with Crippen LogP contribution >= 0.6 is 11.8 Å². The Morgan fingerprint density at radius 1 is 1.39 bits per heavy atom. The van der Waals surface area contributed by atoms with Crippen molar-refractivity contribution in [1.29, 1.82) is 0 Å². The Morgan fingerprint density at radius 3 is 2.50 bits per heavy atom. The predicted octanol–water partition coefficient (Wildman–Crippen LogP) is 3.04. The van der Waals surface area contributed by atoms with E-state index in [0.717, 1.165) is 18.8 Å². The molecule has 1 fully saturated rings. The van der Waals surface area contributed by atoms with E-state index in [4.69, 9.17) is 5.73 Å². The number of hydrogen-bond acceptors (Lipinski definition) is 3. The van der Waals surface area contributed by atoms with Gasteiger partial charge in [0.15, 0.2) is 0 Å². The molecule has 2 unspecified atom stereocenters. The van der Waals surface area contributed by atoms with Crippen molar-refractivity contribution in [2.24, 2.45) is 5.73 Å². The molecule has 0 saturated carbocycles. The zero-order valence-electron chi connectivity index (χ0n) is 11.6. The SMILES string of the molecule is CCN(c1ccc(C)cc1)C1(CN)CSC(C)C1. The van der Waals surface area contributed by atoms with Gasteiger partial charge in [-0.25, -0.2) is 0 Å². The van der Waals surface area contributed by atoms with Crippen LogP contribution in [0.15, 0.2) is 24.3 Å². The molecule has 18 heavy (non-hydrogen) atoms. The molecule has 0 aromatic heterocycles. The lowest BCUT2D eigenvalue weighted by Gasteiger charge is -2.41. The van der Waals surface area contributed by atoms with Gasteiger partial charge in [0.25, 0.3) is 0 Å². The Morgan fingerprint density at radius 2 is 2.06 bits per heavy atom. The van der Waals surface area contributed by atoms with Crippen LogP contribution in [-0.2, 0) is 0 Å². The lowest BCUT2D eigenvalue weighted by atomic mass is 9.93. The molecule has 1 heterocycles. The molecule has 2 nitrogen and oxygen atoms in total. The summed E-state index contributed by atoms with van der Waals surface area (Å²) in [6.45, 7) is 8.43. The number of anilines is 1. The fourth-order valence-electron chi connectivity index (χ4n) is 2.91. The maximum absolute atomic E-state index is 6.12. The van der Waals surface area contributed by atoms with E-state index < -0.39 is 0 Å². The molecular weight excluding hydrogens is 240 g/mol. The van der Waals surface area contributed by atoms with E-state index in [1.165, 1.54) is 17.7 Å². The second kappa shape index (κ2) is 5.54. The molecule has 0 bridgehead atoms. The number of benzene rings is 1. The van der Waals surface area contributed by atoms with Crippen molar-refractivity contribution in [3.05, 3.63) is 29.8 Å². The highest BCUT2D eigenvalue weighted by Crippen LogP contribution is 2.40. The monoisotopic (exact) mass is 264 g/mol. The van der Waals surface area contributed by atoms with Crippen LogP contribution in [0.4, 0.5) is 5.69 Å². The average Bonchev–Trinajstić information content (AvgIpc) is 2.75. The van der Waals surface area contributed by atoms with Gasteiger partial charge in [-0.05, 0) is 32.4 Å². The number of nitrogens with two attached hydrogens (primary N) is 1. The highest BCUT2D eigenvalue weighted by molar-refractivity contribution is 8.00. The number of hydrogen-bond donors (Lipinski definition) is 1. The van der Waals surface area contributed by atoms with Crippen LogP contribution in [0.1, 0.15) is 25.8 Å². The highest BCUT2D eigenvalue weighted by atomic mass is 32.2. The largest absolute Gasteiger partial charge is 0.364 e. The van der Waals surface area contributed by atoms with E-state index >= 15 is 0 Å². The third kappa shape index (κ3) is 2.52. The molecule has 2 N–H and O–H groups in total. The van der Waals surface area contributed by atoms with Crippen molar-refractivity contribution < 1.29 is 0 Å². The topological polar surface area (TPSA) is 29.3 Å². The fourth-order valence-corrected chi connectivity index (χ4v) is 4.32. The molecule has 1 aromatic rings. The molecule has 0 radical (unpaired) electrons. The molecule has 2 rings (SSSR count). The first-order valence-corrected chi connectivity index (χ1v) is 7.82. The van der Waals surface area contributed by atoms with E-state index in [-0.39, 0.29) is 5.54 Å². The Hall–Kier alpha value is -0.670. The predicted molar refractivity (Wildman–Crippen MR) is 82.5 cm³/mol. The lowest BCUT2D eigenvalue weighted by molar-refractivity contribution is 0.430. The van der Waals surface area contributed by atoms with Gasteiger partial charge in [0, 0.05) is 29.8 Å². The summed E-state index contributed by atoms with van der Waals surface area (Å²) in [4.78, 5) is 2.50. The number of thioether (sulfide) groups is 1. The third-order valence-corrected chi connectivity index (χ3v) is 5.36. The van der Waals surface area contributed by atoms with Gasteiger partial charge in [0.1, 0.15) is 0 Å². The maximum atomic E-state index is 6.12. The summed E-state index contributed by atoms with van der Waals surface area (Å²) in [5, 5.41) is 0.716. The third-order valence-electron chi connectivity index (χ3n) is 3.92. The van der Waals surface area contributed by atoms with Gasteiger partial charge >= 0.3 is 0 Å². The molecular formula is C15H24N2S. The molecule has 2 atom stereocenters. The van der Waals surface area contributed by atoms with Gasteiger partial charge in [-0.3, -0.25) is 0 Å². The molecule has 1 aliphatic heterocycles. The first kappa shape index (κ1) is 13.8. The van der Waals surface area contributed by atoms with E-state index in [0.29, 0.717) is 5.25 Å². The first-order valence-electron chi connectivity index (χ1n) is 6.77. The molecule has 3 heteroatoms. The van der Waals surface area contributed by atoms with Crippen molar-refractivity contribution in [2.75, 3.05) is 23.7 Å². The van der Waals surface area contributed by atoms with E-state index in [9.17, 15) is 0 Å². The standard InChI is InChI=1S/C15H24N2S/c1-4-17(14-7-5-12(2)6-8-14)15(10-16)9-13(3)18-11-15/h5-8,13H,4,9-11,16H2,1-3H3. The van der Waals surface area contributed by atoms with Crippen molar-refractivity contribution in [1.82, 2.24) is 0 Å². The quantitative estimate of drug-likeness (QED) is 0.906. The minimum absolute atomic E-state index is 0.147. The zero-order chi connectivity index (χ0) is 13.2. The van der Waals surface area contributed by atoms with Crippen LogP contribution in [0.3, 0.4) is 0 Å². The van der Waals surface area contributed by atoms with Gasteiger partial charge in [0.2, 0.25) is 0 Å². The van der Waals surface area contributed by atoms with Crippen molar-refractivity contribution in [3.8, 4) is 0 Å². The van der Waals surface area contributed by atoms with E-state index in [1.54, 1.807) is 0 Å². The number of likely N-dealkylation sites (N-methyl/N-ethyl adjacent to an activating group) is 1. The Bertz CT molecular complexity index is 390. The van der Waals surface area contributed by atoms with E-state index in [2.05, 4.69) is 49.9 Å². The van der Waals surface area contributed by atoms with Crippen LogP contribution in [0.2, 0.25) is 0 Å². The van der Waals surface area contributed by atoms with Gasteiger partial charge in [0.05, 0.1) is 5.54 Å². The van der Waals surface area contributed by atoms with Gasteiger partial charge in [-0.1, -0.05) is 24.6 Å². The van der Waals surface area contributed by atoms with Crippen molar-refractivity contribution >= 4 is 17.4 Å². The summed E-state index contributed by atoms with van der Waals surface area (Å²) < 4.78 is 0. The Balaban J connectivity index is 2.29. The van der Waals surface area contributed by atoms with Gasteiger partial charge in [-0.15, -0.1) is 0 Å². The van der Waals surface area contributed by atoms with Crippen LogP contribution in [0, 0.1) is 6.92 Å². The van der Waals surface area contributed by atoms with Crippen molar-refractivity contribution in [3.63, 3.8) is 0 Å². The van der Waals surface area contributed by atoms with Crippen LogP contribution < -0.4 is 10.6 Å². The first-order chi connectivity index (χ1) is 8.61. The number of rotatable bonds is 4. The average molecular weight is 264 g/mol. The fraction of sp³-hybridized carbons (Fsp3) is 0.600. The maximum Gasteiger partial charge on any atom is 0.0624 e. The summed E-state index contributed by atoms with van der Waals surface area (Å²) >= 11 is 2.05. The van der Waals surface area contributed by atoms with Gasteiger partial charge < -0.3 is 10.6 Å². The van der Waals surface area contributed by atoms with Crippen molar-refractivity contribution in [2.45, 2.75) is 38.0 Å². The number of nitrogens with zero attached hydrogens (tertiary/aromatic N) is 1. The smallest absolute Gasteiger partial charge is 0.0624 e. The van der Waals surface area contributed by atoms with Crippen LogP contribution in [0.5, 0.6) is 0 Å². The minimum Gasteiger partial charge on any atom is -0.364 e. The summed E-state index contributed by atoms with van der Waals surface area (Å²) in [6.07, 6.45) is 1.19. The molecule has 1 saturated heterocycles. The second-order valence-electron chi connectivity index (χ2n) is 5.33. The normalized spacial score (nSPS) is 27.4.